The van der Waals surface area contributed by atoms with Crippen LogP contribution < -0.4 is 21.3 Å². The van der Waals surface area contributed by atoms with Gasteiger partial charge in [0.05, 0.1) is 7.11 Å². The van der Waals surface area contributed by atoms with Gasteiger partial charge in [0.1, 0.15) is 25.2 Å². The monoisotopic (exact) mass is 490 g/mol. The summed E-state index contributed by atoms with van der Waals surface area (Å²) < 4.78 is 9.85. The van der Waals surface area contributed by atoms with E-state index in [1.54, 1.807) is 12.1 Å². The summed E-state index contributed by atoms with van der Waals surface area (Å²) in [6, 6.07) is 7.15. The fourth-order valence-electron chi connectivity index (χ4n) is 3.63. The van der Waals surface area contributed by atoms with Crippen molar-refractivity contribution in [3.8, 4) is 0 Å². The number of unbranched alkanes of at least 4 members (excludes halogenated alkanes) is 1. The largest absolute Gasteiger partial charge is 0.467 e. The number of benzene rings is 1. The van der Waals surface area contributed by atoms with Crippen LogP contribution in [0.5, 0.6) is 0 Å². The Morgan fingerprint density at radius 1 is 1.11 bits per heavy atom. The van der Waals surface area contributed by atoms with Crippen LogP contribution in [0.25, 0.3) is 0 Å². The summed E-state index contributed by atoms with van der Waals surface area (Å²) in [6.45, 7) is 2.13. The van der Waals surface area contributed by atoms with Gasteiger partial charge in [0.25, 0.3) is 0 Å². The van der Waals surface area contributed by atoms with Crippen molar-refractivity contribution in [2.45, 2.75) is 57.7 Å². The molecule has 1 aromatic rings. The summed E-state index contributed by atoms with van der Waals surface area (Å²) in [5.74, 6) is -2.39. The Hall–Kier alpha value is -3.63. The van der Waals surface area contributed by atoms with E-state index in [1.807, 2.05) is 25.1 Å². The normalized spacial score (nSPS) is 16.4. The first-order chi connectivity index (χ1) is 16.8. The minimum atomic E-state index is -1.02. The second-order valence-corrected chi connectivity index (χ2v) is 8.27. The van der Waals surface area contributed by atoms with Gasteiger partial charge in [0.15, 0.2) is 0 Å². The van der Waals surface area contributed by atoms with Gasteiger partial charge < -0.3 is 30.7 Å². The number of hydrogen-bond acceptors (Lipinski definition) is 7. The standard InChI is InChI=1S/C24H34N4O7/c1-3-4-10-18(22(31)28-19(23(32)34-2)13-17-11-12-25-21(17)30)27-20(29)14-26-24(33)35-15-16-8-6-5-7-9-16/h5-9,17-19H,3-4,10-15H2,1-2H3,(H,25,30)(H,26,33)(H,27,29)(H,28,31). The van der Waals surface area contributed by atoms with E-state index < -0.39 is 41.9 Å². The maximum Gasteiger partial charge on any atom is 0.407 e. The quantitative estimate of drug-likeness (QED) is 0.298. The Morgan fingerprint density at radius 3 is 2.49 bits per heavy atom. The van der Waals surface area contributed by atoms with Gasteiger partial charge in [0, 0.05) is 12.5 Å². The van der Waals surface area contributed by atoms with Gasteiger partial charge in [-0.15, -0.1) is 0 Å². The summed E-state index contributed by atoms with van der Waals surface area (Å²) in [5, 5.41) is 10.3. The molecular weight excluding hydrogens is 456 g/mol. The van der Waals surface area contributed by atoms with E-state index in [2.05, 4.69) is 21.3 Å². The highest BCUT2D eigenvalue weighted by molar-refractivity contribution is 5.92. The Morgan fingerprint density at radius 2 is 1.86 bits per heavy atom. The number of rotatable bonds is 13. The van der Waals surface area contributed by atoms with Gasteiger partial charge in [-0.05, 0) is 24.8 Å². The predicted octanol–water partition coefficient (Wildman–Crippen LogP) is 0.772. The van der Waals surface area contributed by atoms with Crippen molar-refractivity contribution < 1.29 is 33.4 Å². The van der Waals surface area contributed by atoms with E-state index in [4.69, 9.17) is 9.47 Å². The molecule has 1 aliphatic rings. The lowest BCUT2D eigenvalue weighted by molar-refractivity contribution is -0.146. The lowest BCUT2D eigenvalue weighted by atomic mass is 9.98. The molecule has 1 aliphatic heterocycles. The Labute approximate surface area is 204 Å². The fourth-order valence-corrected chi connectivity index (χ4v) is 3.63. The van der Waals surface area contributed by atoms with E-state index in [-0.39, 0.29) is 25.5 Å². The van der Waals surface area contributed by atoms with Crippen LogP contribution in [0, 0.1) is 5.92 Å². The Bertz CT molecular complexity index is 878. The third-order valence-corrected chi connectivity index (χ3v) is 5.59. The molecule has 0 aliphatic carbocycles. The third kappa shape index (κ3) is 9.63. The molecule has 11 heteroatoms. The van der Waals surface area contributed by atoms with E-state index in [9.17, 15) is 24.0 Å². The lowest BCUT2D eigenvalue weighted by Gasteiger charge is -2.23. The van der Waals surface area contributed by atoms with Crippen molar-refractivity contribution in [2.75, 3.05) is 20.2 Å². The summed E-state index contributed by atoms with van der Waals surface area (Å²) in [6.07, 6.45) is 1.67. The SMILES string of the molecule is CCCCC(NC(=O)CNC(=O)OCc1ccccc1)C(=O)NC(CC1CCNC1=O)C(=O)OC. The second kappa shape index (κ2) is 14.6. The molecule has 11 nitrogen and oxygen atoms in total. The van der Waals surface area contributed by atoms with Crippen molar-refractivity contribution in [2.24, 2.45) is 5.92 Å². The summed E-state index contributed by atoms with van der Waals surface area (Å²) >= 11 is 0. The molecule has 4 amide bonds. The molecule has 0 spiro atoms. The van der Waals surface area contributed by atoms with Gasteiger partial charge in [-0.3, -0.25) is 14.4 Å². The molecule has 3 unspecified atom stereocenters. The number of hydrogen-bond donors (Lipinski definition) is 4. The highest BCUT2D eigenvalue weighted by Crippen LogP contribution is 2.17. The van der Waals surface area contributed by atoms with Crippen LogP contribution in [0.15, 0.2) is 30.3 Å². The number of nitrogens with one attached hydrogen (secondary N) is 4. The van der Waals surface area contributed by atoms with Crippen LogP contribution in [0.2, 0.25) is 0 Å². The highest BCUT2D eigenvalue weighted by atomic mass is 16.5. The molecule has 1 heterocycles. The first-order valence-corrected chi connectivity index (χ1v) is 11.7. The van der Waals surface area contributed by atoms with E-state index in [1.165, 1.54) is 7.11 Å². The number of carbonyl (C=O) groups excluding carboxylic acids is 5. The van der Waals surface area contributed by atoms with Crippen molar-refractivity contribution in [3.63, 3.8) is 0 Å². The molecule has 3 atom stereocenters. The van der Waals surface area contributed by atoms with Gasteiger partial charge in [-0.1, -0.05) is 50.1 Å². The molecule has 35 heavy (non-hydrogen) atoms. The molecule has 0 radical (unpaired) electrons. The molecule has 0 aromatic heterocycles. The maximum atomic E-state index is 12.9. The highest BCUT2D eigenvalue weighted by Gasteiger charge is 2.33. The van der Waals surface area contributed by atoms with E-state index in [0.717, 1.165) is 12.0 Å². The van der Waals surface area contributed by atoms with Crippen molar-refractivity contribution >= 4 is 29.8 Å². The minimum absolute atomic E-state index is 0.0593. The summed E-state index contributed by atoms with van der Waals surface area (Å²) in [4.78, 5) is 61.3. The van der Waals surface area contributed by atoms with Crippen LogP contribution in [-0.2, 0) is 35.3 Å². The molecule has 0 saturated carbocycles. The molecule has 2 rings (SSSR count). The Balaban J connectivity index is 1.88. The first kappa shape index (κ1) is 27.6. The van der Waals surface area contributed by atoms with Crippen molar-refractivity contribution in [1.82, 2.24) is 21.3 Å². The molecule has 0 bridgehead atoms. The van der Waals surface area contributed by atoms with Gasteiger partial charge >= 0.3 is 12.1 Å². The topological polar surface area (TPSA) is 152 Å². The smallest absolute Gasteiger partial charge is 0.407 e. The molecule has 1 saturated heterocycles. The second-order valence-electron chi connectivity index (χ2n) is 8.27. The molecule has 192 valence electrons. The summed E-state index contributed by atoms with van der Waals surface area (Å²) in [7, 11) is 1.20. The number of ether oxygens (including phenoxy) is 2. The number of esters is 1. The van der Waals surface area contributed by atoms with Crippen LogP contribution >= 0.6 is 0 Å². The number of methoxy groups -OCH3 is 1. The van der Waals surface area contributed by atoms with Gasteiger partial charge in [-0.2, -0.15) is 0 Å². The lowest BCUT2D eigenvalue weighted by Crippen LogP contribution is -2.53. The number of amides is 4. The van der Waals surface area contributed by atoms with Crippen LogP contribution in [0.3, 0.4) is 0 Å². The molecule has 1 aromatic carbocycles. The first-order valence-electron chi connectivity index (χ1n) is 11.7. The average molecular weight is 491 g/mol. The zero-order valence-corrected chi connectivity index (χ0v) is 20.1. The zero-order valence-electron chi connectivity index (χ0n) is 20.1. The minimum Gasteiger partial charge on any atom is -0.467 e. The number of alkyl carbamates (subject to hydrolysis) is 1. The van der Waals surface area contributed by atoms with Gasteiger partial charge in [0.2, 0.25) is 17.7 Å². The van der Waals surface area contributed by atoms with Crippen molar-refractivity contribution in [1.29, 1.82) is 0 Å². The maximum absolute atomic E-state index is 12.9. The molecule has 4 N–H and O–H groups in total. The van der Waals surface area contributed by atoms with Crippen molar-refractivity contribution in [3.05, 3.63) is 35.9 Å². The van der Waals surface area contributed by atoms with E-state index in [0.29, 0.717) is 25.8 Å². The summed E-state index contributed by atoms with van der Waals surface area (Å²) in [5.41, 5.74) is 0.804. The van der Waals surface area contributed by atoms with Gasteiger partial charge in [-0.25, -0.2) is 9.59 Å². The zero-order chi connectivity index (χ0) is 25.6. The number of carbonyl (C=O) groups is 5. The fraction of sp³-hybridized carbons (Fsp3) is 0.542. The molecule has 1 fully saturated rings. The Kier molecular flexibility index (Phi) is 11.5. The molecular formula is C24H34N4O7. The van der Waals surface area contributed by atoms with E-state index >= 15 is 0 Å². The third-order valence-electron chi connectivity index (χ3n) is 5.59. The average Bonchev–Trinajstić information content (AvgIpc) is 3.27. The van der Waals surface area contributed by atoms with Crippen LogP contribution in [-0.4, -0.2) is 62.1 Å². The van der Waals surface area contributed by atoms with Crippen LogP contribution in [0.1, 0.15) is 44.6 Å². The predicted molar refractivity (Wildman–Crippen MR) is 126 cm³/mol. The van der Waals surface area contributed by atoms with Crippen LogP contribution in [0.4, 0.5) is 4.79 Å².